The molecule has 1 aromatic rings. The molecule has 0 aliphatic rings. The van der Waals surface area contributed by atoms with Gasteiger partial charge >= 0.3 is 0 Å². The number of aliphatic hydroxyl groups is 1. The first kappa shape index (κ1) is 15.7. The number of amides is 1. The van der Waals surface area contributed by atoms with Gasteiger partial charge in [-0.15, -0.1) is 0 Å². The lowest BCUT2D eigenvalue weighted by Crippen LogP contribution is -2.46. The zero-order valence-electron chi connectivity index (χ0n) is 11.7. The first-order valence-corrected chi connectivity index (χ1v) is 6.85. The average Bonchev–Trinajstić information content (AvgIpc) is 2.44. The van der Waals surface area contributed by atoms with E-state index in [0.717, 1.165) is 18.4 Å². The Morgan fingerprint density at radius 2 is 2.00 bits per heavy atom. The molecule has 1 amide bonds. The Hall–Kier alpha value is -1.39. The van der Waals surface area contributed by atoms with Crippen molar-refractivity contribution in [2.75, 3.05) is 0 Å². The van der Waals surface area contributed by atoms with E-state index < -0.39 is 18.1 Å². The number of carbonyl (C=O) groups is 1. The van der Waals surface area contributed by atoms with Gasteiger partial charge in [0.2, 0.25) is 0 Å². The molecule has 0 radical (unpaired) electrons. The first-order chi connectivity index (χ1) is 9.06. The van der Waals surface area contributed by atoms with Crippen molar-refractivity contribution in [1.82, 2.24) is 5.32 Å². The SMILES string of the molecule is CCCC[C@H](N)[C@@H](O)C(=O)N[C@H](C)c1ccccc1. The van der Waals surface area contributed by atoms with Gasteiger partial charge in [-0.3, -0.25) is 4.79 Å². The summed E-state index contributed by atoms with van der Waals surface area (Å²) in [5.74, 6) is -0.403. The molecule has 0 spiro atoms. The van der Waals surface area contributed by atoms with E-state index in [9.17, 15) is 9.90 Å². The summed E-state index contributed by atoms with van der Waals surface area (Å²) in [7, 11) is 0. The van der Waals surface area contributed by atoms with Crippen LogP contribution in [0.15, 0.2) is 30.3 Å². The summed E-state index contributed by atoms with van der Waals surface area (Å²) < 4.78 is 0. The van der Waals surface area contributed by atoms with Gasteiger partial charge in [0.15, 0.2) is 0 Å². The molecule has 0 fully saturated rings. The third kappa shape index (κ3) is 5.01. The van der Waals surface area contributed by atoms with E-state index in [1.54, 1.807) is 0 Å². The average molecular weight is 264 g/mol. The molecule has 3 atom stereocenters. The van der Waals surface area contributed by atoms with Crippen LogP contribution < -0.4 is 11.1 Å². The van der Waals surface area contributed by atoms with Gasteiger partial charge in [-0.2, -0.15) is 0 Å². The van der Waals surface area contributed by atoms with E-state index in [1.165, 1.54) is 0 Å². The van der Waals surface area contributed by atoms with Crippen LogP contribution in [0.4, 0.5) is 0 Å². The number of hydrogen-bond donors (Lipinski definition) is 3. The molecule has 19 heavy (non-hydrogen) atoms. The van der Waals surface area contributed by atoms with E-state index in [4.69, 9.17) is 5.73 Å². The maximum Gasteiger partial charge on any atom is 0.250 e. The zero-order chi connectivity index (χ0) is 14.3. The second-order valence-electron chi connectivity index (χ2n) is 4.89. The van der Waals surface area contributed by atoms with Crippen molar-refractivity contribution in [2.24, 2.45) is 5.73 Å². The lowest BCUT2D eigenvalue weighted by atomic mass is 10.0. The van der Waals surface area contributed by atoms with Crippen LogP contribution in [-0.4, -0.2) is 23.2 Å². The van der Waals surface area contributed by atoms with E-state index in [2.05, 4.69) is 12.2 Å². The Kier molecular flexibility index (Phi) is 6.53. The largest absolute Gasteiger partial charge is 0.382 e. The number of hydrogen-bond acceptors (Lipinski definition) is 3. The molecule has 0 aromatic heterocycles. The minimum absolute atomic E-state index is 0.137. The fourth-order valence-corrected chi connectivity index (χ4v) is 1.92. The van der Waals surface area contributed by atoms with Crippen LogP contribution in [0.1, 0.15) is 44.7 Å². The number of benzene rings is 1. The van der Waals surface area contributed by atoms with Gasteiger partial charge in [-0.05, 0) is 18.9 Å². The molecule has 4 nitrogen and oxygen atoms in total. The Morgan fingerprint density at radius 1 is 1.37 bits per heavy atom. The minimum Gasteiger partial charge on any atom is -0.382 e. The maximum absolute atomic E-state index is 11.9. The highest BCUT2D eigenvalue weighted by molar-refractivity contribution is 5.81. The molecule has 0 aliphatic heterocycles. The molecule has 0 bridgehead atoms. The third-order valence-electron chi connectivity index (χ3n) is 3.22. The number of aliphatic hydroxyl groups excluding tert-OH is 1. The Balaban J connectivity index is 2.50. The van der Waals surface area contributed by atoms with E-state index in [1.807, 2.05) is 37.3 Å². The number of nitrogens with two attached hydrogens (primary N) is 1. The van der Waals surface area contributed by atoms with Crippen LogP contribution in [0.3, 0.4) is 0 Å². The monoisotopic (exact) mass is 264 g/mol. The molecule has 4 heteroatoms. The van der Waals surface area contributed by atoms with Crippen molar-refractivity contribution in [3.63, 3.8) is 0 Å². The van der Waals surface area contributed by atoms with Gasteiger partial charge in [0.1, 0.15) is 6.10 Å². The third-order valence-corrected chi connectivity index (χ3v) is 3.22. The summed E-state index contributed by atoms with van der Waals surface area (Å²) >= 11 is 0. The fraction of sp³-hybridized carbons (Fsp3) is 0.533. The molecular weight excluding hydrogens is 240 g/mol. The Bertz CT molecular complexity index is 381. The molecule has 0 unspecified atom stereocenters. The minimum atomic E-state index is -1.14. The van der Waals surface area contributed by atoms with Gasteiger partial charge < -0.3 is 16.2 Å². The van der Waals surface area contributed by atoms with Gasteiger partial charge in [0.25, 0.3) is 5.91 Å². The zero-order valence-corrected chi connectivity index (χ0v) is 11.7. The number of unbranched alkanes of at least 4 members (excludes halogenated alkanes) is 1. The lowest BCUT2D eigenvalue weighted by molar-refractivity contribution is -0.131. The molecule has 1 rings (SSSR count). The van der Waals surface area contributed by atoms with Crippen molar-refractivity contribution in [2.45, 2.75) is 51.3 Å². The summed E-state index contributed by atoms with van der Waals surface area (Å²) in [4.78, 5) is 11.9. The van der Waals surface area contributed by atoms with Crippen LogP contribution in [0.2, 0.25) is 0 Å². The lowest BCUT2D eigenvalue weighted by Gasteiger charge is -2.21. The molecule has 0 saturated carbocycles. The second kappa shape index (κ2) is 7.92. The quantitative estimate of drug-likeness (QED) is 0.702. The van der Waals surface area contributed by atoms with E-state index in [-0.39, 0.29) is 6.04 Å². The standard InChI is InChI=1S/C15H24N2O2/c1-3-4-10-13(16)14(18)15(19)17-11(2)12-8-6-5-7-9-12/h5-9,11,13-14,18H,3-4,10,16H2,1-2H3,(H,17,19)/t11-,13+,14-/m1/s1. The van der Waals surface area contributed by atoms with Crippen molar-refractivity contribution in [1.29, 1.82) is 0 Å². The molecule has 0 saturated heterocycles. The van der Waals surface area contributed by atoms with Crippen molar-refractivity contribution >= 4 is 5.91 Å². The molecule has 1 aromatic carbocycles. The maximum atomic E-state index is 11.9. The summed E-state index contributed by atoms with van der Waals surface area (Å²) in [6.45, 7) is 3.94. The van der Waals surface area contributed by atoms with Crippen LogP contribution in [0.25, 0.3) is 0 Å². The smallest absolute Gasteiger partial charge is 0.250 e. The van der Waals surface area contributed by atoms with Crippen LogP contribution in [0, 0.1) is 0 Å². The van der Waals surface area contributed by atoms with Gasteiger partial charge in [0.05, 0.1) is 6.04 Å². The highest BCUT2D eigenvalue weighted by atomic mass is 16.3. The van der Waals surface area contributed by atoms with Crippen molar-refractivity contribution in [3.05, 3.63) is 35.9 Å². The molecular formula is C15H24N2O2. The number of rotatable bonds is 7. The first-order valence-electron chi connectivity index (χ1n) is 6.85. The second-order valence-corrected chi connectivity index (χ2v) is 4.89. The Labute approximate surface area is 115 Å². The van der Waals surface area contributed by atoms with Crippen molar-refractivity contribution < 1.29 is 9.90 Å². The summed E-state index contributed by atoms with van der Waals surface area (Å²) in [6, 6.07) is 9.00. The highest BCUT2D eigenvalue weighted by Crippen LogP contribution is 2.12. The summed E-state index contributed by atoms with van der Waals surface area (Å²) in [6.07, 6.45) is 1.44. The number of nitrogens with one attached hydrogen (secondary N) is 1. The van der Waals surface area contributed by atoms with Gasteiger partial charge in [-0.25, -0.2) is 0 Å². The predicted molar refractivity (Wildman–Crippen MR) is 76.5 cm³/mol. The van der Waals surface area contributed by atoms with Crippen LogP contribution in [0.5, 0.6) is 0 Å². The normalized spacial score (nSPS) is 15.6. The fourth-order valence-electron chi connectivity index (χ4n) is 1.92. The highest BCUT2D eigenvalue weighted by Gasteiger charge is 2.23. The van der Waals surface area contributed by atoms with Gasteiger partial charge in [-0.1, -0.05) is 50.1 Å². The Morgan fingerprint density at radius 3 is 2.58 bits per heavy atom. The molecule has 0 heterocycles. The van der Waals surface area contributed by atoms with E-state index in [0.29, 0.717) is 6.42 Å². The topological polar surface area (TPSA) is 75.3 Å². The summed E-state index contributed by atoms with van der Waals surface area (Å²) in [5.41, 5.74) is 6.81. The van der Waals surface area contributed by atoms with Crippen molar-refractivity contribution in [3.8, 4) is 0 Å². The molecule has 106 valence electrons. The van der Waals surface area contributed by atoms with Crippen LogP contribution >= 0.6 is 0 Å². The molecule has 4 N–H and O–H groups in total. The predicted octanol–water partition coefficient (Wildman–Crippen LogP) is 1.74. The number of carbonyl (C=O) groups excluding carboxylic acids is 1. The summed E-state index contributed by atoms with van der Waals surface area (Å²) in [5, 5.41) is 12.7. The van der Waals surface area contributed by atoms with Crippen LogP contribution in [-0.2, 0) is 4.79 Å². The van der Waals surface area contributed by atoms with E-state index >= 15 is 0 Å². The molecule has 0 aliphatic carbocycles. The van der Waals surface area contributed by atoms with Gasteiger partial charge in [0, 0.05) is 6.04 Å².